The summed E-state index contributed by atoms with van der Waals surface area (Å²) in [7, 11) is 3.99. The molecular weight excluding hydrogens is 254 g/mol. The van der Waals surface area contributed by atoms with Crippen LogP contribution in [0.1, 0.15) is 38.3 Å². The van der Waals surface area contributed by atoms with Gasteiger partial charge in [-0.05, 0) is 33.7 Å². The van der Waals surface area contributed by atoms with E-state index in [0.29, 0.717) is 18.6 Å². The van der Waals surface area contributed by atoms with E-state index in [0.717, 1.165) is 5.56 Å². The van der Waals surface area contributed by atoms with E-state index in [1.54, 1.807) is 10.9 Å². The van der Waals surface area contributed by atoms with E-state index in [2.05, 4.69) is 34.6 Å². The maximum atomic E-state index is 11.9. The summed E-state index contributed by atoms with van der Waals surface area (Å²) < 4.78 is 1.73. The Hall–Kier alpha value is -1.56. The van der Waals surface area contributed by atoms with Crippen molar-refractivity contribution in [2.45, 2.75) is 44.8 Å². The van der Waals surface area contributed by atoms with Crippen molar-refractivity contribution in [3.05, 3.63) is 18.0 Å². The quantitative estimate of drug-likeness (QED) is 0.824. The van der Waals surface area contributed by atoms with Crippen LogP contribution in [0.4, 0.5) is 4.79 Å². The number of nitrogens with one attached hydrogen (secondary N) is 2. The van der Waals surface area contributed by atoms with Gasteiger partial charge in [-0.2, -0.15) is 5.10 Å². The smallest absolute Gasteiger partial charge is 0.315 e. The molecule has 1 saturated carbocycles. The molecule has 6 heteroatoms. The zero-order chi connectivity index (χ0) is 14.7. The van der Waals surface area contributed by atoms with Crippen LogP contribution in [-0.4, -0.2) is 46.4 Å². The fraction of sp³-hybridized carbons (Fsp3) is 0.714. The van der Waals surface area contributed by atoms with Crippen LogP contribution in [0.5, 0.6) is 0 Å². The SMILES string of the molecule is C[C@@H](NC(=O)NC[C@H](C)N(C)C1CC1)c1cnn(C)c1. The summed E-state index contributed by atoms with van der Waals surface area (Å²) in [5.41, 5.74) is 1.01. The molecule has 0 bridgehead atoms. The van der Waals surface area contributed by atoms with Crippen molar-refractivity contribution < 1.29 is 4.79 Å². The summed E-state index contributed by atoms with van der Waals surface area (Å²) >= 11 is 0. The number of aromatic nitrogens is 2. The predicted molar refractivity (Wildman–Crippen MR) is 78.4 cm³/mol. The van der Waals surface area contributed by atoms with Crippen molar-refractivity contribution in [2.75, 3.05) is 13.6 Å². The molecule has 2 N–H and O–H groups in total. The Bertz CT molecular complexity index is 454. The molecule has 1 fully saturated rings. The molecule has 1 aliphatic carbocycles. The van der Waals surface area contributed by atoms with Gasteiger partial charge in [0.1, 0.15) is 0 Å². The Balaban J connectivity index is 1.72. The van der Waals surface area contributed by atoms with Crippen LogP contribution in [0.15, 0.2) is 12.4 Å². The van der Waals surface area contributed by atoms with E-state index in [-0.39, 0.29) is 12.1 Å². The van der Waals surface area contributed by atoms with Gasteiger partial charge in [-0.3, -0.25) is 9.58 Å². The molecule has 112 valence electrons. The molecule has 1 aromatic rings. The van der Waals surface area contributed by atoms with Crippen molar-refractivity contribution >= 4 is 6.03 Å². The van der Waals surface area contributed by atoms with Crippen LogP contribution >= 0.6 is 0 Å². The van der Waals surface area contributed by atoms with Crippen LogP contribution in [0.2, 0.25) is 0 Å². The summed E-state index contributed by atoms with van der Waals surface area (Å²) in [5.74, 6) is 0. The normalized spacial score (nSPS) is 17.9. The lowest BCUT2D eigenvalue weighted by Gasteiger charge is -2.25. The van der Waals surface area contributed by atoms with Gasteiger partial charge in [0.2, 0.25) is 0 Å². The van der Waals surface area contributed by atoms with Crippen molar-refractivity contribution in [1.82, 2.24) is 25.3 Å². The molecule has 1 heterocycles. The molecule has 0 aromatic carbocycles. The van der Waals surface area contributed by atoms with Crippen molar-refractivity contribution in [2.24, 2.45) is 7.05 Å². The zero-order valence-electron chi connectivity index (χ0n) is 12.8. The van der Waals surface area contributed by atoms with E-state index >= 15 is 0 Å². The van der Waals surface area contributed by atoms with E-state index < -0.39 is 0 Å². The summed E-state index contributed by atoms with van der Waals surface area (Å²) in [5, 5.41) is 9.97. The highest BCUT2D eigenvalue weighted by Gasteiger charge is 2.29. The lowest BCUT2D eigenvalue weighted by molar-refractivity contribution is 0.220. The van der Waals surface area contributed by atoms with Gasteiger partial charge in [-0.15, -0.1) is 0 Å². The van der Waals surface area contributed by atoms with Crippen LogP contribution in [0, 0.1) is 0 Å². The number of aryl methyl sites for hydroxylation is 1. The lowest BCUT2D eigenvalue weighted by Crippen LogP contribution is -2.45. The highest BCUT2D eigenvalue weighted by Crippen LogP contribution is 2.26. The van der Waals surface area contributed by atoms with E-state index in [1.165, 1.54) is 12.8 Å². The van der Waals surface area contributed by atoms with Gasteiger partial charge < -0.3 is 10.6 Å². The average Bonchev–Trinajstić information content (AvgIpc) is 3.17. The molecule has 0 unspecified atom stereocenters. The summed E-state index contributed by atoms with van der Waals surface area (Å²) in [6.07, 6.45) is 6.25. The van der Waals surface area contributed by atoms with Crippen LogP contribution < -0.4 is 10.6 Å². The average molecular weight is 279 g/mol. The molecule has 2 amide bonds. The molecule has 1 aromatic heterocycles. The number of hydrogen-bond donors (Lipinski definition) is 2. The minimum absolute atomic E-state index is 0.0415. The number of urea groups is 1. The van der Waals surface area contributed by atoms with Crippen LogP contribution in [0.3, 0.4) is 0 Å². The van der Waals surface area contributed by atoms with E-state index in [4.69, 9.17) is 0 Å². The molecule has 6 nitrogen and oxygen atoms in total. The van der Waals surface area contributed by atoms with Gasteiger partial charge >= 0.3 is 6.03 Å². The number of carbonyl (C=O) groups is 1. The highest BCUT2D eigenvalue weighted by atomic mass is 16.2. The molecule has 2 rings (SSSR count). The Morgan fingerprint density at radius 1 is 1.55 bits per heavy atom. The summed E-state index contributed by atoms with van der Waals surface area (Å²) in [6, 6.07) is 0.906. The van der Waals surface area contributed by atoms with Gasteiger partial charge in [-0.1, -0.05) is 0 Å². The number of rotatable bonds is 6. The maximum Gasteiger partial charge on any atom is 0.315 e. The molecule has 0 saturated heterocycles. The van der Waals surface area contributed by atoms with Gasteiger partial charge in [0.05, 0.1) is 12.2 Å². The summed E-state index contributed by atoms with van der Waals surface area (Å²) in [6.45, 7) is 4.76. The second kappa shape index (κ2) is 6.26. The number of amides is 2. The van der Waals surface area contributed by atoms with Gasteiger partial charge in [0.15, 0.2) is 0 Å². The van der Waals surface area contributed by atoms with Gasteiger partial charge in [0, 0.05) is 37.4 Å². The fourth-order valence-electron chi connectivity index (χ4n) is 2.22. The lowest BCUT2D eigenvalue weighted by atomic mass is 10.2. The molecule has 0 radical (unpaired) electrons. The fourth-order valence-corrected chi connectivity index (χ4v) is 2.22. The molecule has 2 atom stereocenters. The predicted octanol–water partition coefficient (Wildman–Crippen LogP) is 1.26. The zero-order valence-corrected chi connectivity index (χ0v) is 12.8. The Morgan fingerprint density at radius 2 is 2.25 bits per heavy atom. The van der Waals surface area contributed by atoms with Gasteiger partial charge in [-0.25, -0.2) is 4.79 Å². The number of carbonyl (C=O) groups excluding carboxylic acids is 1. The highest BCUT2D eigenvalue weighted by molar-refractivity contribution is 5.74. The molecule has 0 spiro atoms. The minimum atomic E-state index is -0.127. The minimum Gasteiger partial charge on any atom is -0.337 e. The first kappa shape index (κ1) is 14.8. The third-order valence-electron chi connectivity index (χ3n) is 3.95. The monoisotopic (exact) mass is 279 g/mol. The first-order valence-electron chi connectivity index (χ1n) is 7.22. The second-order valence-electron chi connectivity index (χ2n) is 5.77. The first-order valence-corrected chi connectivity index (χ1v) is 7.22. The maximum absolute atomic E-state index is 11.9. The van der Waals surface area contributed by atoms with Crippen LogP contribution in [-0.2, 0) is 7.05 Å². The Kier molecular flexibility index (Phi) is 4.65. The van der Waals surface area contributed by atoms with Crippen LogP contribution in [0.25, 0.3) is 0 Å². The van der Waals surface area contributed by atoms with Crippen molar-refractivity contribution in [1.29, 1.82) is 0 Å². The first-order chi connectivity index (χ1) is 9.47. The topological polar surface area (TPSA) is 62.2 Å². The Morgan fingerprint density at radius 3 is 2.80 bits per heavy atom. The largest absolute Gasteiger partial charge is 0.337 e. The third kappa shape index (κ3) is 3.96. The third-order valence-corrected chi connectivity index (χ3v) is 3.95. The number of likely N-dealkylation sites (N-methyl/N-ethyl adjacent to an activating group) is 1. The molecule has 20 heavy (non-hydrogen) atoms. The molecule has 1 aliphatic rings. The van der Waals surface area contributed by atoms with E-state index in [1.807, 2.05) is 20.2 Å². The number of nitrogens with zero attached hydrogens (tertiary/aromatic N) is 3. The number of hydrogen-bond acceptors (Lipinski definition) is 3. The standard InChI is InChI=1S/C14H25N5O/c1-10(19(4)13-5-6-13)7-15-14(20)17-11(2)12-8-16-18(3)9-12/h8-11,13H,5-7H2,1-4H3,(H2,15,17,20)/t10-,11+/m0/s1. The van der Waals surface area contributed by atoms with Crippen molar-refractivity contribution in [3.63, 3.8) is 0 Å². The second-order valence-corrected chi connectivity index (χ2v) is 5.77. The summed E-state index contributed by atoms with van der Waals surface area (Å²) in [4.78, 5) is 14.2. The molecule has 0 aliphatic heterocycles. The van der Waals surface area contributed by atoms with Crippen molar-refractivity contribution in [3.8, 4) is 0 Å². The van der Waals surface area contributed by atoms with E-state index in [9.17, 15) is 4.79 Å². The Labute approximate surface area is 120 Å². The van der Waals surface area contributed by atoms with Gasteiger partial charge in [0.25, 0.3) is 0 Å². The molecular formula is C14H25N5O.